The van der Waals surface area contributed by atoms with Crippen LogP contribution in [0.4, 0.5) is 0 Å². The summed E-state index contributed by atoms with van der Waals surface area (Å²) in [5.41, 5.74) is 2.80. The monoisotopic (exact) mass is 570 g/mol. The number of rotatable bonds is 15. The highest BCUT2D eigenvalue weighted by Crippen LogP contribution is 2.32. The van der Waals surface area contributed by atoms with Gasteiger partial charge in [-0.3, -0.25) is 4.55 Å². The Bertz CT molecular complexity index is 1220. The fraction of sp³-hybridized carbons (Fsp3) is 0.419. The minimum atomic E-state index is -4.41. The van der Waals surface area contributed by atoms with Crippen molar-refractivity contribution < 1.29 is 36.7 Å². The van der Waals surface area contributed by atoms with Crippen molar-refractivity contribution in [2.75, 3.05) is 12.4 Å². The zero-order valence-electron chi connectivity index (χ0n) is 22.7. The van der Waals surface area contributed by atoms with E-state index in [-0.39, 0.29) is 19.8 Å². The number of ether oxygens (including phenoxy) is 5. The van der Waals surface area contributed by atoms with Gasteiger partial charge in [0.15, 0.2) is 6.29 Å². The highest BCUT2D eigenvalue weighted by molar-refractivity contribution is 7.85. The normalized spacial score (nSPS) is 23.2. The summed E-state index contributed by atoms with van der Waals surface area (Å²) in [4.78, 5) is 0. The van der Waals surface area contributed by atoms with E-state index >= 15 is 0 Å². The Hall–Kier alpha value is -2.63. The second-order valence-corrected chi connectivity index (χ2v) is 11.3. The number of hydrogen-bond acceptors (Lipinski definition) is 7. The van der Waals surface area contributed by atoms with E-state index in [2.05, 4.69) is 6.92 Å². The van der Waals surface area contributed by atoms with Crippen LogP contribution in [0.25, 0.3) is 0 Å². The molecule has 0 aromatic heterocycles. The first kappa shape index (κ1) is 30.3. The van der Waals surface area contributed by atoms with E-state index < -0.39 is 46.6 Å². The second kappa shape index (κ2) is 15.4. The van der Waals surface area contributed by atoms with Crippen LogP contribution in [-0.4, -0.2) is 56.0 Å². The molecule has 1 aliphatic rings. The molecular weight excluding hydrogens is 532 g/mol. The van der Waals surface area contributed by atoms with Crippen LogP contribution in [-0.2, 0) is 53.6 Å². The Morgan fingerprint density at radius 1 is 0.675 bits per heavy atom. The summed E-state index contributed by atoms with van der Waals surface area (Å²) in [7, 11) is -4.41. The van der Waals surface area contributed by atoms with Gasteiger partial charge in [0, 0.05) is 6.61 Å². The molecule has 1 unspecified atom stereocenters. The molecule has 9 heteroatoms. The lowest BCUT2D eigenvalue weighted by molar-refractivity contribution is -0.319. The minimum Gasteiger partial charge on any atom is -0.368 e. The summed E-state index contributed by atoms with van der Waals surface area (Å²) in [5, 5.41) is 0. The Morgan fingerprint density at radius 2 is 1.12 bits per heavy atom. The van der Waals surface area contributed by atoms with Gasteiger partial charge >= 0.3 is 0 Å². The van der Waals surface area contributed by atoms with Crippen LogP contribution in [0.1, 0.15) is 36.5 Å². The Kier molecular flexibility index (Phi) is 11.7. The van der Waals surface area contributed by atoms with Crippen LogP contribution < -0.4 is 0 Å². The molecule has 1 heterocycles. The van der Waals surface area contributed by atoms with Crippen molar-refractivity contribution >= 4 is 10.1 Å². The largest absolute Gasteiger partial charge is 0.368 e. The highest BCUT2D eigenvalue weighted by Gasteiger charge is 2.50. The Morgan fingerprint density at radius 3 is 1.57 bits per heavy atom. The molecule has 1 N–H and O–H groups in total. The first-order valence-electron chi connectivity index (χ1n) is 13.6. The smallest absolute Gasteiger partial charge is 0.267 e. The molecule has 0 aliphatic carbocycles. The summed E-state index contributed by atoms with van der Waals surface area (Å²) < 4.78 is 65.5. The molecule has 0 amide bonds. The van der Waals surface area contributed by atoms with Gasteiger partial charge in [-0.25, -0.2) is 0 Å². The van der Waals surface area contributed by atoms with Crippen LogP contribution in [0, 0.1) is 0 Å². The maximum absolute atomic E-state index is 12.1. The lowest BCUT2D eigenvalue weighted by atomic mass is 9.98. The molecule has 4 rings (SSSR count). The predicted molar refractivity (Wildman–Crippen MR) is 151 cm³/mol. The average molecular weight is 571 g/mol. The summed E-state index contributed by atoms with van der Waals surface area (Å²) in [5.74, 6) is -0.670. The quantitative estimate of drug-likeness (QED) is 0.197. The second-order valence-electron chi connectivity index (χ2n) is 9.80. The summed E-state index contributed by atoms with van der Waals surface area (Å²) in [6.07, 6.45) is -2.66. The fourth-order valence-corrected chi connectivity index (χ4v) is 5.25. The van der Waals surface area contributed by atoms with E-state index in [4.69, 9.17) is 23.7 Å². The van der Waals surface area contributed by atoms with E-state index in [0.29, 0.717) is 6.61 Å². The highest BCUT2D eigenvalue weighted by atomic mass is 32.2. The van der Waals surface area contributed by atoms with Crippen molar-refractivity contribution in [2.45, 2.75) is 70.3 Å². The SMILES string of the molecule is CCCCO[C@H]1O[C@H](CS(=O)(=O)O)C(OCc2ccccc2)[C@H](OCc2ccccc2)[C@H]1OCc1ccccc1. The molecule has 8 nitrogen and oxygen atoms in total. The zero-order chi connectivity index (χ0) is 28.2. The first-order chi connectivity index (χ1) is 19.4. The van der Waals surface area contributed by atoms with Crippen molar-refractivity contribution in [3.8, 4) is 0 Å². The van der Waals surface area contributed by atoms with E-state index in [1.807, 2.05) is 91.0 Å². The third-order valence-electron chi connectivity index (χ3n) is 6.60. The van der Waals surface area contributed by atoms with Crippen molar-refractivity contribution in [3.05, 3.63) is 108 Å². The number of benzene rings is 3. The zero-order valence-corrected chi connectivity index (χ0v) is 23.5. The molecular formula is C31H38O8S. The van der Waals surface area contributed by atoms with Gasteiger partial charge in [-0.2, -0.15) is 8.42 Å². The maximum atomic E-state index is 12.1. The first-order valence-corrected chi connectivity index (χ1v) is 15.2. The fourth-order valence-electron chi connectivity index (χ4n) is 4.57. The van der Waals surface area contributed by atoms with Gasteiger partial charge in [-0.1, -0.05) is 104 Å². The van der Waals surface area contributed by atoms with Gasteiger partial charge in [0.05, 0.1) is 19.8 Å². The third-order valence-corrected chi connectivity index (χ3v) is 7.35. The molecule has 0 bridgehead atoms. The van der Waals surface area contributed by atoms with Crippen LogP contribution in [0.3, 0.4) is 0 Å². The molecule has 0 spiro atoms. The average Bonchev–Trinajstić information content (AvgIpc) is 2.96. The summed E-state index contributed by atoms with van der Waals surface area (Å²) in [6.45, 7) is 3.14. The molecule has 1 aliphatic heterocycles. The Labute approximate surface area is 236 Å². The van der Waals surface area contributed by atoms with Gasteiger partial charge in [0.25, 0.3) is 10.1 Å². The van der Waals surface area contributed by atoms with Crippen LogP contribution >= 0.6 is 0 Å². The molecule has 216 valence electrons. The van der Waals surface area contributed by atoms with Crippen molar-refractivity contribution in [1.82, 2.24) is 0 Å². The summed E-state index contributed by atoms with van der Waals surface area (Å²) in [6, 6.07) is 28.9. The molecule has 5 atom stereocenters. The van der Waals surface area contributed by atoms with Gasteiger partial charge < -0.3 is 23.7 Å². The van der Waals surface area contributed by atoms with Gasteiger partial charge in [-0.15, -0.1) is 0 Å². The summed E-state index contributed by atoms with van der Waals surface area (Å²) >= 11 is 0. The van der Waals surface area contributed by atoms with Crippen LogP contribution in [0.15, 0.2) is 91.0 Å². The molecule has 40 heavy (non-hydrogen) atoms. The number of unbranched alkanes of at least 4 members (excludes halogenated alkanes) is 1. The minimum absolute atomic E-state index is 0.189. The lowest BCUT2D eigenvalue weighted by Crippen LogP contribution is -2.62. The standard InChI is InChI=1S/C31H38O8S/c1-2-3-19-35-31-30(38-22-26-17-11-6-12-18-26)29(37-21-25-15-9-5-10-16-25)28(27(39-31)23-40(32,33)34)36-20-24-13-7-4-8-14-24/h4-18,27-31H,2-3,19-23H2,1H3,(H,32,33,34)/t27-,28?,29+,30-,31+/m1/s1. The van der Waals surface area contributed by atoms with Gasteiger partial charge in [0.1, 0.15) is 30.2 Å². The topological polar surface area (TPSA) is 101 Å². The van der Waals surface area contributed by atoms with E-state index in [9.17, 15) is 13.0 Å². The van der Waals surface area contributed by atoms with E-state index in [0.717, 1.165) is 29.5 Å². The molecule has 1 fully saturated rings. The van der Waals surface area contributed by atoms with E-state index in [1.165, 1.54) is 0 Å². The van der Waals surface area contributed by atoms with Crippen molar-refractivity contribution in [3.63, 3.8) is 0 Å². The number of hydrogen-bond donors (Lipinski definition) is 1. The third kappa shape index (κ3) is 9.49. The van der Waals surface area contributed by atoms with Crippen molar-refractivity contribution in [2.24, 2.45) is 0 Å². The van der Waals surface area contributed by atoms with Crippen molar-refractivity contribution in [1.29, 1.82) is 0 Å². The van der Waals surface area contributed by atoms with Gasteiger partial charge in [0.2, 0.25) is 0 Å². The van der Waals surface area contributed by atoms with Crippen LogP contribution in [0.5, 0.6) is 0 Å². The molecule has 0 radical (unpaired) electrons. The predicted octanol–water partition coefficient (Wildman–Crippen LogP) is 5.17. The molecule has 1 saturated heterocycles. The maximum Gasteiger partial charge on any atom is 0.267 e. The molecule has 3 aromatic carbocycles. The van der Waals surface area contributed by atoms with Gasteiger partial charge in [-0.05, 0) is 23.1 Å². The Balaban J connectivity index is 1.66. The molecule has 3 aromatic rings. The van der Waals surface area contributed by atoms with Crippen LogP contribution in [0.2, 0.25) is 0 Å². The lowest BCUT2D eigenvalue weighted by Gasteiger charge is -2.45. The van der Waals surface area contributed by atoms with E-state index in [1.54, 1.807) is 0 Å². The molecule has 0 saturated carbocycles.